The van der Waals surface area contributed by atoms with Crippen LogP contribution >= 0.6 is 15.9 Å². The van der Waals surface area contributed by atoms with Gasteiger partial charge in [-0.3, -0.25) is 4.79 Å². The molecule has 0 radical (unpaired) electrons. The average Bonchev–Trinajstić information content (AvgIpc) is 3.32. The number of hydrogen-bond donors (Lipinski definition) is 4. The van der Waals surface area contributed by atoms with Crippen LogP contribution in [-0.2, 0) is 4.79 Å². The van der Waals surface area contributed by atoms with Gasteiger partial charge in [0.2, 0.25) is 0 Å². The lowest BCUT2D eigenvalue weighted by Gasteiger charge is -2.29. The van der Waals surface area contributed by atoms with E-state index < -0.39 is 24.0 Å². The lowest BCUT2D eigenvalue weighted by Crippen LogP contribution is -2.30. The Labute approximate surface area is 185 Å². The van der Waals surface area contributed by atoms with Crippen molar-refractivity contribution in [1.29, 1.82) is 0 Å². The minimum atomic E-state index is -1.31. The van der Waals surface area contributed by atoms with Gasteiger partial charge in [0.1, 0.15) is 17.6 Å². The molecule has 0 spiro atoms. The average molecular weight is 480 g/mol. The maximum atomic E-state index is 13.3. The van der Waals surface area contributed by atoms with Gasteiger partial charge in [-0.2, -0.15) is 0 Å². The minimum Gasteiger partial charge on any atom is -0.508 e. The summed E-state index contributed by atoms with van der Waals surface area (Å²) in [6.07, 6.45) is 0.274. The molecule has 2 heterocycles. The molecule has 0 saturated carbocycles. The van der Waals surface area contributed by atoms with E-state index in [2.05, 4.69) is 25.9 Å². The summed E-state index contributed by atoms with van der Waals surface area (Å²) in [5.74, 6) is -0.942. The number of nitrogens with one attached hydrogen (secondary N) is 1. The lowest BCUT2D eigenvalue weighted by atomic mass is 9.85. The zero-order chi connectivity index (χ0) is 21.7. The van der Waals surface area contributed by atoms with Crippen LogP contribution in [0.1, 0.15) is 23.1 Å². The van der Waals surface area contributed by atoms with Crippen LogP contribution in [0.5, 0.6) is 11.5 Å². The molecule has 1 aromatic heterocycles. The van der Waals surface area contributed by atoms with Gasteiger partial charge in [0.15, 0.2) is 0 Å². The number of amides is 1. The minimum absolute atomic E-state index is 0.0557. The first-order valence-electron chi connectivity index (χ1n) is 9.65. The number of aliphatic hydroxyl groups is 1. The molecule has 3 atom stereocenters. The second-order valence-corrected chi connectivity index (χ2v) is 8.39. The number of hydrogen-bond acceptors (Lipinski definition) is 5. The highest BCUT2D eigenvalue weighted by Crippen LogP contribution is 2.48. The molecule has 4 N–H and O–H groups in total. The Kier molecular flexibility index (Phi) is 4.68. The number of nitrogens with zero attached hydrogens (tertiary/aromatic N) is 2. The second-order valence-electron chi connectivity index (χ2n) is 7.53. The highest BCUT2D eigenvalue weighted by atomic mass is 79.9. The first-order valence-corrected chi connectivity index (χ1v) is 10.4. The van der Waals surface area contributed by atoms with Crippen molar-refractivity contribution in [3.05, 3.63) is 82.6 Å². The SMILES string of the molecule is O=C1C(O)C(c2cccc(O)c2)C(c2ccc(O)c(Br)c2)N1c1ccc2nc[nH]c2c1. The predicted octanol–water partition coefficient (Wildman–Crippen LogP) is 3.97. The number of aromatic nitrogens is 2. The topological polar surface area (TPSA) is 110 Å². The van der Waals surface area contributed by atoms with Crippen LogP contribution in [0.4, 0.5) is 5.69 Å². The largest absolute Gasteiger partial charge is 0.508 e. The van der Waals surface area contributed by atoms with E-state index in [0.717, 1.165) is 16.6 Å². The molecule has 8 heteroatoms. The van der Waals surface area contributed by atoms with E-state index in [4.69, 9.17) is 0 Å². The number of anilines is 1. The fraction of sp³-hybridized carbons (Fsp3) is 0.130. The predicted molar refractivity (Wildman–Crippen MR) is 119 cm³/mol. The van der Waals surface area contributed by atoms with Crippen molar-refractivity contribution in [2.45, 2.75) is 18.1 Å². The van der Waals surface area contributed by atoms with Crippen molar-refractivity contribution in [1.82, 2.24) is 9.97 Å². The number of fused-ring (bicyclic) bond motifs is 1. The third-order valence-corrected chi connectivity index (χ3v) is 6.33. The molecule has 1 saturated heterocycles. The van der Waals surface area contributed by atoms with E-state index in [-0.39, 0.29) is 11.5 Å². The number of aliphatic hydroxyl groups excluding tert-OH is 1. The molecular weight excluding hydrogens is 462 g/mol. The molecule has 4 aromatic rings. The van der Waals surface area contributed by atoms with Crippen molar-refractivity contribution in [3.63, 3.8) is 0 Å². The summed E-state index contributed by atoms with van der Waals surface area (Å²) in [5.41, 5.74) is 3.51. The summed E-state index contributed by atoms with van der Waals surface area (Å²) in [4.78, 5) is 22.1. The van der Waals surface area contributed by atoms with E-state index in [9.17, 15) is 20.1 Å². The number of imidazole rings is 1. The first-order chi connectivity index (χ1) is 14.9. The Hall–Kier alpha value is -3.36. The van der Waals surface area contributed by atoms with Crippen LogP contribution in [0.25, 0.3) is 11.0 Å². The number of carbonyl (C=O) groups excluding carboxylic acids is 1. The third kappa shape index (κ3) is 3.24. The smallest absolute Gasteiger partial charge is 0.257 e. The number of phenolic OH excluding ortho intramolecular Hbond substituents is 2. The zero-order valence-electron chi connectivity index (χ0n) is 16.1. The molecule has 3 aromatic carbocycles. The van der Waals surface area contributed by atoms with E-state index in [1.807, 2.05) is 12.1 Å². The molecule has 5 rings (SSSR count). The summed E-state index contributed by atoms with van der Waals surface area (Å²) in [5, 5.41) is 31.0. The highest BCUT2D eigenvalue weighted by Gasteiger charge is 2.49. The van der Waals surface area contributed by atoms with Crippen LogP contribution in [0, 0.1) is 0 Å². The zero-order valence-corrected chi connectivity index (χ0v) is 17.7. The summed E-state index contributed by atoms with van der Waals surface area (Å²) < 4.78 is 0.484. The second kappa shape index (κ2) is 7.40. The Bertz CT molecular complexity index is 1300. The number of H-pyrrole nitrogens is 1. The van der Waals surface area contributed by atoms with Crippen molar-refractivity contribution in [2.75, 3.05) is 4.90 Å². The van der Waals surface area contributed by atoms with E-state index in [1.54, 1.807) is 59.8 Å². The molecule has 156 valence electrons. The molecule has 1 fully saturated rings. The normalized spacial score (nSPS) is 21.2. The fourth-order valence-corrected chi connectivity index (χ4v) is 4.68. The number of carbonyl (C=O) groups is 1. The van der Waals surface area contributed by atoms with E-state index in [0.29, 0.717) is 15.7 Å². The van der Waals surface area contributed by atoms with Crippen LogP contribution in [0.3, 0.4) is 0 Å². The lowest BCUT2D eigenvalue weighted by molar-refractivity contribution is -0.124. The summed E-state index contributed by atoms with van der Waals surface area (Å²) in [6, 6.07) is 16.4. The molecule has 3 unspecified atom stereocenters. The monoisotopic (exact) mass is 479 g/mol. The van der Waals surface area contributed by atoms with Gasteiger partial charge in [0, 0.05) is 11.6 Å². The highest BCUT2D eigenvalue weighted by molar-refractivity contribution is 9.10. The quantitative estimate of drug-likeness (QED) is 0.355. The molecule has 0 aliphatic carbocycles. The number of phenols is 2. The third-order valence-electron chi connectivity index (χ3n) is 5.70. The maximum absolute atomic E-state index is 13.3. The van der Waals surface area contributed by atoms with Crippen LogP contribution in [0.15, 0.2) is 71.5 Å². The summed E-state index contributed by atoms with van der Waals surface area (Å²) in [7, 11) is 0. The van der Waals surface area contributed by atoms with Gasteiger partial charge >= 0.3 is 0 Å². The Morgan fingerprint density at radius 2 is 1.84 bits per heavy atom. The number of aromatic amines is 1. The van der Waals surface area contributed by atoms with Crippen LogP contribution < -0.4 is 4.90 Å². The standard InChI is InChI=1S/C23H18BrN3O4/c24-16-9-13(4-7-19(16)29)21-20(12-2-1-3-15(28)8-12)22(30)23(31)27(21)14-5-6-17-18(10-14)26-11-25-17/h1-11,20-22,28-30H,(H,25,26). The van der Waals surface area contributed by atoms with Gasteiger partial charge in [-0.15, -0.1) is 0 Å². The summed E-state index contributed by atoms with van der Waals surface area (Å²) in [6.45, 7) is 0. The van der Waals surface area contributed by atoms with Crippen molar-refractivity contribution in [2.24, 2.45) is 0 Å². The van der Waals surface area contributed by atoms with Crippen molar-refractivity contribution in [3.8, 4) is 11.5 Å². The van der Waals surface area contributed by atoms with Gasteiger partial charge in [0.05, 0.1) is 27.9 Å². The van der Waals surface area contributed by atoms with Crippen LogP contribution in [0.2, 0.25) is 0 Å². The maximum Gasteiger partial charge on any atom is 0.257 e. The molecule has 1 aliphatic heterocycles. The Balaban J connectivity index is 1.71. The van der Waals surface area contributed by atoms with Crippen LogP contribution in [-0.4, -0.2) is 37.3 Å². The van der Waals surface area contributed by atoms with Gasteiger partial charge in [-0.25, -0.2) is 4.98 Å². The van der Waals surface area contributed by atoms with Gasteiger partial charge in [0.25, 0.3) is 5.91 Å². The van der Waals surface area contributed by atoms with Crippen molar-refractivity contribution < 1.29 is 20.1 Å². The van der Waals surface area contributed by atoms with Gasteiger partial charge < -0.3 is 25.2 Å². The van der Waals surface area contributed by atoms with E-state index >= 15 is 0 Å². The number of rotatable bonds is 3. The summed E-state index contributed by atoms with van der Waals surface area (Å²) >= 11 is 3.35. The Morgan fingerprint density at radius 1 is 1.00 bits per heavy atom. The molecular formula is C23H18BrN3O4. The first kappa shape index (κ1) is 19.6. The molecule has 1 amide bonds. The van der Waals surface area contributed by atoms with Gasteiger partial charge in [-0.05, 0) is 69.5 Å². The molecule has 31 heavy (non-hydrogen) atoms. The number of aromatic hydroxyl groups is 2. The van der Waals surface area contributed by atoms with Crippen molar-refractivity contribution >= 4 is 38.6 Å². The number of halogens is 1. The fourth-order valence-electron chi connectivity index (χ4n) is 4.29. The molecule has 0 bridgehead atoms. The Morgan fingerprint density at radius 3 is 2.61 bits per heavy atom. The van der Waals surface area contributed by atoms with E-state index in [1.165, 1.54) is 0 Å². The molecule has 1 aliphatic rings. The number of benzene rings is 3. The molecule has 7 nitrogen and oxygen atoms in total. The van der Waals surface area contributed by atoms with Gasteiger partial charge in [-0.1, -0.05) is 18.2 Å².